The van der Waals surface area contributed by atoms with E-state index in [1.165, 1.54) is 6.07 Å². The molecular weight excluding hydrogens is 726 g/mol. The first-order valence-corrected chi connectivity index (χ1v) is 18.8. The van der Waals surface area contributed by atoms with E-state index >= 15 is 0 Å². The van der Waals surface area contributed by atoms with Gasteiger partial charge in [0.15, 0.2) is 17.4 Å². The van der Waals surface area contributed by atoms with E-state index in [2.05, 4.69) is 35.6 Å². The number of anilines is 3. The molecule has 17 heteroatoms. The second-order valence-corrected chi connectivity index (χ2v) is 15.1. The van der Waals surface area contributed by atoms with Gasteiger partial charge in [0, 0.05) is 75.5 Å². The number of hydrogen-bond donors (Lipinski definition) is 3. The van der Waals surface area contributed by atoms with Gasteiger partial charge in [0.25, 0.3) is 5.91 Å². The number of para-hydroxylation sites is 1. The highest BCUT2D eigenvalue weighted by atomic mass is 19.1. The summed E-state index contributed by atoms with van der Waals surface area (Å²) in [5, 5.41) is 24.3. The summed E-state index contributed by atoms with van der Waals surface area (Å²) in [5.74, 6) is -1.35. The van der Waals surface area contributed by atoms with Crippen molar-refractivity contribution in [1.82, 2.24) is 35.3 Å². The van der Waals surface area contributed by atoms with Crippen LogP contribution >= 0.6 is 0 Å². The summed E-state index contributed by atoms with van der Waals surface area (Å²) in [4.78, 5) is 54.9. The maximum absolute atomic E-state index is 14.9. The van der Waals surface area contributed by atoms with Crippen molar-refractivity contribution in [2.45, 2.75) is 57.0 Å². The Morgan fingerprint density at radius 2 is 1.89 bits per heavy atom. The van der Waals surface area contributed by atoms with Crippen LogP contribution in [0.25, 0.3) is 11.3 Å². The lowest BCUT2D eigenvalue weighted by Gasteiger charge is -2.42. The van der Waals surface area contributed by atoms with E-state index in [1.54, 1.807) is 23.2 Å². The number of fused-ring (bicyclic) bond motifs is 4. The molecule has 3 amide bonds. The van der Waals surface area contributed by atoms with Crippen molar-refractivity contribution in [1.29, 1.82) is 0 Å². The molecule has 0 saturated carbocycles. The Labute approximate surface area is 320 Å². The van der Waals surface area contributed by atoms with Crippen LogP contribution in [-0.2, 0) is 22.7 Å². The fraction of sp³-hybridized carbons (Fsp3) is 0.410. The first-order valence-electron chi connectivity index (χ1n) is 18.8. The summed E-state index contributed by atoms with van der Waals surface area (Å²) >= 11 is 0. The van der Waals surface area contributed by atoms with Crippen LogP contribution in [0.4, 0.5) is 26.0 Å². The van der Waals surface area contributed by atoms with Crippen LogP contribution in [-0.4, -0.2) is 116 Å². The summed E-state index contributed by atoms with van der Waals surface area (Å²) < 4.78 is 35.4. The number of ether oxygens (including phenoxy) is 1. The standard InChI is InChI=1S/C39H40F2N10O5/c1-22-37(56-26-15-39(20-40)21-43-35-32(51(39)19-26)14-30(46-47-35)27-3-2-4-29(41)34(27)53)42-16-24(44-22)18-48-9-11-49(12-10-48)25-6-5-23-17-50(38(55)28(23)13-25)31-7-8-33(52)45-36(31)54/h2-6,13-14,16,26,31,53H,7-12,15,17-21H2,1H3,(H,43,47)(H,45,52,54)/t26-,31+,39+/m1/s1. The molecule has 5 aliphatic rings. The topological polar surface area (TPSA) is 169 Å². The Kier molecular flexibility index (Phi) is 8.90. The van der Waals surface area contributed by atoms with Crippen LogP contribution in [0, 0.1) is 12.7 Å². The van der Waals surface area contributed by atoms with Crippen LogP contribution in [0.2, 0.25) is 0 Å². The lowest BCUT2D eigenvalue weighted by atomic mass is 9.94. The number of aromatic hydroxyl groups is 1. The van der Waals surface area contributed by atoms with Crippen LogP contribution in [0.3, 0.4) is 0 Å². The number of nitrogens with zero attached hydrogens (tertiary/aromatic N) is 8. The summed E-state index contributed by atoms with van der Waals surface area (Å²) in [7, 11) is 0. The van der Waals surface area contributed by atoms with Crippen molar-refractivity contribution >= 4 is 34.9 Å². The van der Waals surface area contributed by atoms with Crippen molar-refractivity contribution in [2.24, 2.45) is 0 Å². The monoisotopic (exact) mass is 766 g/mol. The molecule has 3 fully saturated rings. The molecule has 9 rings (SSSR count). The van der Waals surface area contributed by atoms with Gasteiger partial charge >= 0.3 is 0 Å². The van der Waals surface area contributed by atoms with E-state index in [9.17, 15) is 28.3 Å². The molecule has 3 atom stereocenters. The summed E-state index contributed by atoms with van der Waals surface area (Å²) in [5.41, 5.74) is 4.00. The number of aromatic nitrogens is 4. The Hall–Kier alpha value is -5.97. The van der Waals surface area contributed by atoms with Crippen LogP contribution in [0.1, 0.15) is 46.6 Å². The third-order valence-corrected chi connectivity index (χ3v) is 11.6. The van der Waals surface area contributed by atoms with Gasteiger partial charge < -0.3 is 29.9 Å². The molecule has 5 aliphatic heterocycles. The number of phenols is 1. The number of halogens is 2. The molecule has 290 valence electrons. The molecule has 2 aromatic carbocycles. The maximum atomic E-state index is 14.9. The number of carbonyl (C=O) groups is 3. The molecule has 3 saturated heterocycles. The minimum atomic E-state index is -0.906. The highest BCUT2D eigenvalue weighted by Gasteiger charge is 2.50. The second kappa shape index (κ2) is 14.0. The van der Waals surface area contributed by atoms with Gasteiger partial charge in [0.1, 0.15) is 18.8 Å². The highest BCUT2D eigenvalue weighted by molar-refractivity contribution is 6.05. The zero-order valence-corrected chi connectivity index (χ0v) is 30.7. The van der Waals surface area contributed by atoms with Gasteiger partial charge in [-0.3, -0.25) is 24.6 Å². The van der Waals surface area contributed by atoms with Gasteiger partial charge in [0.2, 0.25) is 17.7 Å². The summed E-state index contributed by atoms with van der Waals surface area (Å²) in [6.07, 6.45) is 2.24. The molecule has 15 nitrogen and oxygen atoms in total. The Bertz CT molecular complexity index is 2250. The maximum Gasteiger partial charge on any atom is 0.255 e. The molecule has 0 unspecified atom stereocenters. The van der Waals surface area contributed by atoms with Gasteiger partial charge in [-0.05, 0) is 49.2 Å². The van der Waals surface area contributed by atoms with Crippen molar-refractivity contribution in [3.63, 3.8) is 0 Å². The quantitative estimate of drug-likeness (QED) is 0.224. The van der Waals surface area contributed by atoms with Gasteiger partial charge in [-0.2, -0.15) is 0 Å². The third-order valence-electron chi connectivity index (χ3n) is 11.6. The van der Waals surface area contributed by atoms with Gasteiger partial charge in [0.05, 0.1) is 41.0 Å². The van der Waals surface area contributed by atoms with Crippen molar-refractivity contribution in [3.05, 3.63) is 77.0 Å². The van der Waals surface area contributed by atoms with E-state index in [4.69, 9.17) is 9.72 Å². The number of rotatable bonds is 8. The van der Waals surface area contributed by atoms with Crippen LogP contribution in [0.5, 0.6) is 11.6 Å². The molecule has 0 radical (unpaired) electrons. The number of piperazine rings is 1. The number of phenolic OH excluding ortho intramolecular Hbond substituents is 1. The molecule has 0 bridgehead atoms. The number of imide groups is 1. The molecule has 4 aromatic rings. The average Bonchev–Trinajstić information content (AvgIpc) is 3.74. The largest absolute Gasteiger partial charge is 0.504 e. The number of aryl methyl sites for hydroxylation is 1. The fourth-order valence-electron chi connectivity index (χ4n) is 8.59. The number of hydrogen-bond acceptors (Lipinski definition) is 13. The zero-order valence-electron chi connectivity index (χ0n) is 30.7. The molecule has 7 heterocycles. The Morgan fingerprint density at radius 3 is 2.68 bits per heavy atom. The predicted octanol–water partition coefficient (Wildman–Crippen LogP) is 2.96. The smallest absolute Gasteiger partial charge is 0.255 e. The van der Waals surface area contributed by atoms with Gasteiger partial charge in [-0.1, -0.05) is 12.1 Å². The zero-order chi connectivity index (χ0) is 38.7. The second-order valence-electron chi connectivity index (χ2n) is 15.1. The lowest BCUT2D eigenvalue weighted by molar-refractivity contribution is -0.136. The number of nitrogens with one attached hydrogen (secondary N) is 2. The minimum absolute atomic E-state index is 0.183. The van der Waals surface area contributed by atoms with Gasteiger partial charge in [-0.25, -0.2) is 18.7 Å². The molecule has 2 aromatic heterocycles. The minimum Gasteiger partial charge on any atom is -0.504 e. The van der Waals surface area contributed by atoms with Crippen molar-refractivity contribution < 1.29 is 33.0 Å². The van der Waals surface area contributed by atoms with Crippen molar-refractivity contribution in [2.75, 3.05) is 61.1 Å². The molecule has 3 N–H and O–H groups in total. The first-order chi connectivity index (χ1) is 27.1. The highest BCUT2D eigenvalue weighted by Crippen LogP contribution is 2.44. The van der Waals surface area contributed by atoms with E-state index < -0.39 is 41.8 Å². The third kappa shape index (κ3) is 6.28. The predicted molar refractivity (Wildman–Crippen MR) is 199 cm³/mol. The molecule has 56 heavy (non-hydrogen) atoms. The van der Waals surface area contributed by atoms with Crippen molar-refractivity contribution in [3.8, 4) is 22.9 Å². The van der Waals surface area contributed by atoms with E-state index in [0.29, 0.717) is 67.7 Å². The van der Waals surface area contributed by atoms with Crippen LogP contribution in [0.15, 0.2) is 48.7 Å². The molecule has 0 spiro atoms. The summed E-state index contributed by atoms with van der Waals surface area (Å²) in [6.45, 7) is 5.84. The number of piperidine rings is 1. The molecule has 0 aliphatic carbocycles. The van der Waals surface area contributed by atoms with Gasteiger partial charge in [-0.15, -0.1) is 10.2 Å². The number of benzene rings is 2. The Balaban J connectivity index is 0.818. The number of amides is 3. The fourth-order valence-corrected chi connectivity index (χ4v) is 8.59. The first kappa shape index (κ1) is 35.7. The number of carbonyl (C=O) groups excluding carboxylic acids is 3. The van der Waals surface area contributed by atoms with E-state index in [1.807, 2.05) is 30.0 Å². The SMILES string of the molecule is Cc1nc(CN2CCN(c3ccc4c(c3)C(=O)N([C@H]3CCC(=O)NC3=O)C4)CC2)cnc1O[C@H]1CN2c3cc(-c4cccc(F)c4O)nnc3NC[C@@]2(CF)C1. The van der Waals surface area contributed by atoms with Crippen LogP contribution < -0.4 is 25.2 Å². The summed E-state index contributed by atoms with van der Waals surface area (Å²) in [6, 6.07) is 11.1. The number of alkyl halides is 1. The normalized spacial score (nSPS) is 23.4. The Morgan fingerprint density at radius 1 is 1.05 bits per heavy atom. The van der Waals surface area contributed by atoms with E-state index in [-0.39, 0.29) is 29.5 Å². The lowest BCUT2D eigenvalue weighted by Crippen LogP contribution is -2.54. The average molecular weight is 767 g/mol. The van der Waals surface area contributed by atoms with E-state index in [0.717, 1.165) is 49.2 Å². The molecular formula is C39H40F2N10O5.